The van der Waals surface area contributed by atoms with Crippen LogP contribution in [0.25, 0.3) is 22.6 Å². The Morgan fingerprint density at radius 1 is 1.25 bits per heavy atom. The quantitative estimate of drug-likeness (QED) is 0.665. The lowest BCUT2D eigenvalue weighted by Gasteiger charge is -1.85. The van der Waals surface area contributed by atoms with Gasteiger partial charge in [-0.1, -0.05) is 12.1 Å². The highest BCUT2D eigenvalue weighted by Crippen LogP contribution is 2.21. The van der Waals surface area contributed by atoms with Gasteiger partial charge in [-0.3, -0.25) is 5.10 Å². The molecule has 0 aliphatic rings. The van der Waals surface area contributed by atoms with Gasteiger partial charge in [0.2, 0.25) is 0 Å². The molecule has 3 rings (SSSR count). The van der Waals surface area contributed by atoms with Crippen LogP contribution in [0.4, 0.5) is 0 Å². The van der Waals surface area contributed by atoms with Crippen LogP contribution >= 0.6 is 11.8 Å². The first-order valence-electron chi connectivity index (χ1n) is 4.91. The van der Waals surface area contributed by atoms with E-state index in [9.17, 15) is 0 Å². The van der Waals surface area contributed by atoms with Gasteiger partial charge in [0, 0.05) is 6.07 Å². The molecule has 2 N–H and O–H groups in total. The molecule has 0 radical (unpaired) electrons. The molecule has 5 heteroatoms. The molecule has 0 spiro atoms. The summed E-state index contributed by atoms with van der Waals surface area (Å²) < 4.78 is 0. The maximum absolute atomic E-state index is 4.48. The third-order valence-electron chi connectivity index (χ3n) is 2.41. The monoisotopic (exact) mass is 230 g/mol. The molecule has 0 saturated carbocycles. The van der Waals surface area contributed by atoms with Gasteiger partial charge in [-0.25, -0.2) is 4.98 Å². The zero-order chi connectivity index (χ0) is 11.0. The maximum Gasteiger partial charge on any atom is 0.159 e. The normalized spacial score (nSPS) is 11.1. The van der Waals surface area contributed by atoms with Crippen LogP contribution in [0.1, 0.15) is 0 Å². The Morgan fingerprint density at radius 3 is 2.88 bits per heavy atom. The molecule has 0 amide bonds. The highest BCUT2D eigenvalue weighted by molar-refractivity contribution is 7.98. The van der Waals surface area contributed by atoms with Crippen LogP contribution in [0, 0.1) is 0 Å². The largest absolute Gasteiger partial charge is 0.337 e. The van der Waals surface area contributed by atoms with Crippen LogP contribution < -0.4 is 0 Å². The number of thioether (sulfide) groups is 1. The summed E-state index contributed by atoms with van der Waals surface area (Å²) >= 11 is 1.63. The molecule has 3 aromatic rings. The lowest BCUT2D eigenvalue weighted by molar-refractivity contribution is 1.00. The number of hydrogen-bond donors (Lipinski definition) is 2. The highest BCUT2D eigenvalue weighted by Gasteiger charge is 2.08. The van der Waals surface area contributed by atoms with E-state index >= 15 is 0 Å². The first-order valence-corrected chi connectivity index (χ1v) is 6.14. The van der Waals surface area contributed by atoms with Gasteiger partial charge in [-0.2, -0.15) is 5.10 Å². The van der Waals surface area contributed by atoms with Gasteiger partial charge < -0.3 is 4.98 Å². The predicted molar refractivity (Wildman–Crippen MR) is 65.5 cm³/mol. The first-order chi connectivity index (χ1) is 7.86. The fourth-order valence-corrected chi connectivity index (χ4v) is 1.97. The molecule has 2 heterocycles. The summed E-state index contributed by atoms with van der Waals surface area (Å²) in [7, 11) is 0. The van der Waals surface area contributed by atoms with Gasteiger partial charge in [0.05, 0.1) is 16.1 Å². The smallest absolute Gasteiger partial charge is 0.159 e. The third kappa shape index (κ3) is 1.49. The molecule has 0 saturated heterocycles. The number of nitrogens with zero attached hydrogens (tertiary/aromatic N) is 2. The lowest BCUT2D eigenvalue weighted by atomic mass is 10.3. The van der Waals surface area contributed by atoms with Gasteiger partial charge in [0.25, 0.3) is 0 Å². The van der Waals surface area contributed by atoms with Crippen molar-refractivity contribution in [1.29, 1.82) is 0 Å². The first kappa shape index (κ1) is 9.47. The molecule has 0 fully saturated rings. The number of aromatic nitrogens is 4. The number of aromatic amines is 2. The van der Waals surface area contributed by atoms with E-state index in [0.717, 1.165) is 27.6 Å². The van der Waals surface area contributed by atoms with Crippen LogP contribution in [-0.4, -0.2) is 26.4 Å². The molecule has 0 unspecified atom stereocenters. The van der Waals surface area contributed by atoms with Crippen molar-refractivity contribution in [2.24, 2.45) is 0 Å². The average Bonchev–Trinajstić information content (AvgIpc) is 2.95. The van der Waals surface area contributed by atoms with Crippen molar-refractivity contribution in [2.75, 3.05) is 6.26 Å². The summed E-state index contributed by atoms with van der Waals surface area (Å²) in [5.41, 5.74) is 2.85. The second kappa shape index (κ2) is 3.68. The Morgan fingerprint density at radius 2 is 2.12 bits per heavy atom. The van der Waals surface area contributed by atoms with Gasteiger partial charge in [-0.15, -0.1) is 11.8 Å². The fraction of sp³-hybridized carbons (Fsp3) is 0.0909. The van der Waals surface area contributed by atoms with Gasteiger partial charge in [-0.05, 0) is 18.4 Å². The number of benzene rings is 1. The molecular weight excluding hydrogens is 220 g/mol. The minimum Gasteiger partial charge on any atom is -0.337 e. The summed E-state index contributed by atoms with van der Waals surface area (Å²) in [6.07, 6.45) is 2.01. The van der Waals surface area contributed by atoms with E-state index in [4.69, 9.17) is 0 Å². The minimum absolute atomic E-state index is 0.803. The van der Waals surface area contributed by atoms with Crippen LogP contribution in [0.2, 0.25) is 0 Å². The zero-order valence-corrected chi connectivity index (χ0v) is 9.51. The van der Waals surface area contributed by atoms with E-state index in [2.05, 4.69) is 20.2 Å². The Hall–Kier alpha value is -1.75. The topological polar surface area (TPSA) is 57.4 Å². The molecule has 0 bridgehead atoms. The van der Waals surface area contributed by atoms with Crippen molar-refractivity contribution in [1.82, 2.24) is 20.2 Å². The van der Waals surface area contributed by atoms with E-state index in [-0.39, 0.29) is 0 Å². The van der Waals surface area contributed by atoms with E-state index in [1.807, 2.05) is 36.6 Å². The summed E-state index contributed by atoms with van der Waals surface area (Å²) in [5, 5.41) is 8.20. The molecular formula is C11H10N4S. The van der Waals surface area contributed by atoms with Crippen molar-refractivity contribution >= 4 is 22.8 Å². The molecule has 0 aliphatic carbocycles. The van der Waals surface area contributed by atoms with Crippen molar-refractivity contribution in [3.8, 4) is 11.5 Å². The standard InChI is InChI=1S/C11H10N4S/c1-16-10-6-9(14-15-10)11-12-7-4-2-3-5-8(7)13-11/h2-6H,1H3,(H,12,13)(H,14,15). The molecule has 80 valence electrons. The summed E-state index contributed by atoms with van der Waals surface area (Å²) in [4.78, 5) is 7.73. The molecule has 4 nitrogen and oxygen atoms in total. The van der Waals surface area contributed by atoms with Crippen molar-refractivity contribution < 1.29 is 0 Å². The molecule has 0 aliphatic heterocycles. The molecule has 16 heavy (non-hydrogen) atoms. The molecule has 1 aromatic carbocycles. The van der Waals surface area contributed by atoms with Crippen molar-refractivity contribution in [3.05, 3.63) is 30.3 Å². The second-order valence-electron chi connectivity index (χ2n) is 3.42. The molecule has 2 aromatic heterocycles. The van der Waals surface area contributed by atoms with Gasteiger partial charge in [0.1, 0.15) is 5.69 Å². The van der Waals surface area contributed by atoms with E-state index in [0.29, 0.717) is 0 Å². The van der Waals surface area contributed by atoms with Gasteiger partial charge in [0.15, 0.2) is 5.82 Å². The number of hydrogen-bond acceptors (Lipinski definition) is 3. The van der Waals surface area contributed by atoms with Crippen LogP contribution in [-0.2, 0) is 0 Å². The Labute approximate surface area is 96.5 Å². The maximum atomic E-state index is 4.48. The van der Waals surface area contributed by atoms with Gasteiger partial charge >= 0.3 is 0 Å². The predicted octanol–water partition coefficient (Wildman–Crippen LogP) is 2.67. The van der Waals surface area contributed by atoms with Crippen LogP contribution in [0.15, 0.2) is 35.4 Å². The van der Waals surface area contributed by atoms with Crippen molar-refractivity contribution in [3.63, 3.8) is 0 Å². The number of imidazole rings is 1. The van der Waals surface area contributed by atoms with Crippen LogP contribution in [0.3, 0.4) is 0 Å². The van der Waals surface area contributed by atoms with E-state index in [1.165, 1.54) is 0 Å². The number of para-hydroxylation sites is 2. The zero-order valence-electron chi connectivity index (χ0n) is 8.69. The fourth-order valence-electron chi connectivity index (χ4n) is 1.60. The summed E-state index contributed by atoms with van der Waals surface area (Å²) in [6, 6.07) is 9.95. The third-order valence-corrected chi connectivity index (χ3v) is 3.06. The number of nitrogens with one attached hydrogen (secondary N) is 2. The van der Waals surface area contributed by atoms with E-state index < -0.39 is 0 Å². The summed E-state index contributed by atoms with van der Waals surface area (Å²) in [5.74, 6) is 0.803. The van der Waals surface area contributed by atoms with Crippen LogP contribution in [0.5, 0.6) is 0 Å². The molecule has 0 atom stereocenters. The second-order valence-corrected chi connectivity index (χ2v) is 4.27. The lowest BCUT2D eigenvalue weighted by Crippen LogP contribution is -1.79. The SMILES string of the molecule is CSc1cc(-c2nc3ccccc3[nH]2)n[nH]1. The number of fused-ring (bicyclic) bond motifs is 1. The highest BCUT2D eigenvalue weighted by atomic mass is 32.2. The Bertz CT molecular complexity index is 592. The number of H-pyrrole nitrogens is 2. The minimum atomic E-state index is 0.803. The Kier molecular flexibility index (Phi) is 2.18. The van der Waals surface area contributed by atoms with E-state index in [1.54, 1.807) is 11.8 Å². The average molecular weight is 230 g/mol. The van der Waals surface area contributed by atoms with Crippen molar-refractivity contribution in [2.45, 2.75) is 5.03 Å². The number of rotatable bonds is 2. The summed E-state index contributed by atoms with van der Waals surface area (Å²) in [6.45, 7) is 0. The Balaban J connectivity index is 2.11.